The third-order valence-corrected chi connectivity index (χ3v) is 5.62. The van der Waals surface area contributed by atoms with Crippen LogP contribution < -0.4 is 5.32 Å². The number of rotatable bonds is 7. The number of alkyl halides is 3. The minimum Gasteiger partial charge on any atom is -0.481 e. The average Bonchev–Trinajstić information content (AvgIpc) is 2.88. The lowest BCUT2D eigenvalue weighted by Gasteiger charge is -2.18. The monoisotopic (exact) mass is 490 g/mol. The molecule has 5 nitrogen and oxygen atoms in total. The number of pyridine rings is 1. The number of carbonyl (C=O) groups is 2. The quantitative estimate of drug-likeness (QED) is 0.315. The fourth-order valence-corrected chi connectivity index (χ4v) is 3.81. The Kier molecular flexibility index (Phi) is 7.15. The molecule has 8 heteroatoms. The van der Waals surface area contributed by atoms with Gasteiger partial charge in [-0.1, -0.05) is 66.7 Å². The maximum absolute atomic E-state index is 13.1. The van der Waals surface area contributed by atoms with Crippen LogP contribution in [0.15, 0.2) is 97.2 Å². The molecule has 4 rings (SSSR count). The summed E-state index contributed by atoms with van der Waals surface area (Å²) in [4.78, 5) is 28.5. The zero-order valence-corrected chi connectivity index (χ0v) is 18.9. The summed E-state index contributed by atoms with van der Waals surface area (Å²) >= 11 is 0. The molecule has 1 heterocycles. The first-order valence-electron chi connectivity index (χ1n) is 11.0. The number of amides is 1. The van der Waals surface area contributed by atoms with E-state index in [1.807, 2.05) is 42.5 Å². The van der Waals surface area contributed by atoms with Gasteiger partial charge >= 0.3 is 12.1 Å². The average molecular weight is 490 g/mol. The third-order valence-electron chi connectivity index (χ3n) is 5.62. The van der Waals surface area contributed by atoms with Crippen molar-refractivity contribution in [3.63, 3.8) is 0 Å². The van der Waals surface area contributed by atoms with Crippen LogP contribution in [0.25, 0.3) is 22.3 Å². The molecule has 0 saturated carbocycles. The fourth-order valence-electron chi connectivity index (χ4n) is 3.81. The van der Waals surface area contributed by atoms with Crippen LogP contribution in [0.1, 0.15) is 34.1 Å². The second kappa shape index (κ2) is 10.4. The zero-order valence-electron chi connectivity index (χ0n) is 18.9. The van der Waals surface area contributed by atoms with Crippen LogP contribution in [-0.2, 0) is 11.0 Å². The molecule has 1 aromatic heterocycles. The Morgan fingerprint density at radius 1 is 0.806 bits per heavy atom. The molecule has 0 aliphatic rings. The number of benzene rings is 3. The van der Waals surface area contributed by atoms with Gasteiger partial charge in [-0.2, -0.15) is 13.2 Å². The van der Waals surface area contributed by atoms with Crippen LogP contribution >= 0.6 is 0 Å². The number of nitrogens with one attached hydrogen (secondary N) is 1. The molecule has 0 fully saturated rings. The van der Waals surface area contributed by atoms with Crippen molar-refractivity contribution in [2.75, 3.05) is 0 Å². The van der Waals surface area contributed by atoms with Crippen molar-refractivity contribution in [1.82, 2.24) is 10.3 Å². The normalized spacial score (nSPS) is 12.1. The van der Waals surface area contributed by atoms with Crippen molar-refractivity contribution in [2.24, 2.45) is 0 Å². The second-order valence-corrected chi connectivity index (χ2v) is 8.12. The first kappa shape index (κ1) is 24.7. The maximum Gasteiger partial charge on any atom is 0.416 e. The van der Waals surface area contributed by atoms with Gasteiger partial charge in [0.2, 0.25) is 0 Å². The highest BCUT2D eigenvalue weighted by Gasteiger charge is 2.30. The van der Waals surface area contributed by atoms with Gasteiger partial charge in [0.25, 0.3) is 5.91 Å². The van der Waals surface area contributed by atoms with E-state index >= 15 is 0 Å². The highest BCUT2D eigenvalue weighted by atomic mass is 19.4. The summed E-state index contributed by atoms with van der Waals surface area (Å²) in [5.41, 5.74) is 2.35. The molecule has 0 aliphatic carbocycles. The predicted octanol–water partition coefficient (Wildman–Crippen LogP) is 6.38. The van der Waals surface area contributed by atoms with E-state index in [0.29, 0.717) is 11.1 Å². The van der Waals surface area contributed by atoms with Crippen LogP contribution in [0.4, 0.5) is 13.2 Å². The molecule has 4 aromatic rings. The largest absolute Gasteiger partial charge is 0.481 e. The lowest BCUT2D eigenvalue weighted by molar-refractivity contribution is -0.138. The molecule has 0 bridgehead atoms. The number of carbonyl (C=O) groups excluding carboxylic acids is 1. The second-order valence-electron chi connectivity index (χ2n) is 8.12. The lowest BCUT2D eigenvalue weighted by Crippen LogP contribution is -2.30. The van der Waals surface area contributed by atoms with E-state index in [1.54, 1.807) is 12.1 Å². The molecule has 1 atom stereocenters. The van der Waals surface area contributed by atoms with E-state index in [4.69, 9.17) is 0 Å². The standard InChI is InChI=1S/C28H21F3N2O3/c29-28(30,31)23-8-4-7-21(15-23)22-13-14-32-25(16-22)27(36)33-24(17-26(34)35)20-11-9-19(10-12-20)18-5-2-1-3-6-18/h1-16,24H,17H2,(H,33,36)(H,34,35). The molecule has 0 saturated heterocycles. The van der Waals surface area contributed by atoms with Crippen molar-refractivity contribution >= 4 is 11.9 Å². The van der Waals surface area contributed by atoms with Gasteiger partial charge in [0, 0.05) is 6.20 Å². The van der Waals surface area contributed by atoms with Crippen LogP contribution in [-0.4, -0.2) is 22.0 Å². The summed E-state index contributed by atoms with van der Waals surface area (Å²) in [6.45, 7) is 0. The number of carboxylic acids is 1. The van der Waals surface area contributed by atoms with Crippen LogP contribution in [0.3, 0.4) is 0 Å². The molecular weight excluding hydrogens is 469 g/mol. The summed E-state index contributed by atoms with van der Waals surface area (Å²) in [5, 5.41) is 12.1. The number of carboxylic acid groups (broad SMARTS) is 1. The van der Waals surface area contributed by atoms with Gasteiger partial charge in [0.1, 0.15) is 5.69 Å². The zero-order chi connectivity index (χ0) is 25.7. The summed E-state index contributed by atoms with van der Waals surface area (Å²) in [7, 11) is 0. The lowest BCUT2D eigenvalue weighted by atomic mass is 9.99. The minimum atomic E-state index is -4.50. The Bertz CT molecular complexity index is 1370. The van der Waals surface area contributed by atoms with E-state index < -0.39 is 29.7 Å². The molecule has 36 heavy (non-hydrogen) atoms. The SMILES string of the molecule is O=C(O)CC(NC(=O)c1cc(-c2cccc(C(F)(F)F)c2)ccn1)c1ccc(-c2ccccc2)cc1. The Morgan fingerprint density at radius 2 is 1.44 bits per heavy atom. The molecule has 1 amide bonds. The highest BCUT2D eigenvalue weighted by Crippen LogP contribution is 2.32. The number of hydrogen-bond donors (Lipinski definition) is 2. The summed E-state index contributed by atoms with van der Waals surface area (Å²) in [6, 6.07) is 23.7. The Labute approximate surface area is 205 Å². The summed E-state index contributed by atoms with van der Waals surface area (Å²) in [5.74, 6) is -1.74. The van der Waals surface area contributed by atoms with Crippen molar-refractivity contribution in [3.8, 4) is 22.3 Å². The first-order valence-corrected chi connectivity index (χ1v) is 11.0. The maximum atomic E-state index is 13.1. The van der Waals surface area contributed by atoms with Crippen molar-refractivity contribution in [2.45, 2.75) is 18.6 Å². The van der Waals surface area contributed by atoms with Gasteiger partial charge in [0.05, 0.1) is 18.0 Å². The van der Waals surface area contributed by atoms with Crippen molar-refractivity contribution < 1.29 is 27.9 Å². The molecule has 0 spiro atoms. The fraction of sp³-hybridized carbons (Fsp3) is 0.107. The summed E-state index contributed by atoms with van der Waals surface area (Å²) < 4.78 is 39.3. The molecule has 1 unspecified atom stereocenters. The van der Waals surface area contributed by atoms with E-state index in [1.165, 1.54) is 30.5 Å². The van der Waals surface area contributed by atoms with Crippen LogP contribution in [0, 0.1) is 0 Å². The molecular formula is C28H21F3N2O3. The number of aromatic nitrogens is 1. The van der Waals surface area contributed by atoms with Crippen LogP contribution in [0.2, 0.25) is 0 Å². The molecule has 3 aromatic carbocycles. The third kappa shape index (κ3) is 5.96. The van der Waals surface area contributed by atoms with Gasteiger partial charge in [-0.15, -0.1) is 0 Å². The van der Waals surface area contributed by atoms with E-state index in [2.05, 4.69) is 10.3 Å². The smallest absolute Gasteiger partial charge is 0.416 e. The van der Waals surface area contributed by atoms with Gasteiger partial charge in [-0.3, -0.25) is 14.6 Å². The molecule has 2 N–H and O–H groups in total. The summed E-state index contributed by atoms with van der Waals surface area (Å²) in [6.07, 6.45) is -3.53. The first-order chi connectivity index (χ1) is 17.2. The number of halogens is 3. The Morgan fingerprint density at radius 3 is 2.11 bits per heavy atom. The van der Waals surface area contributed by atoms with E-state index in [-0.39, 0.29) is 17.7 Å². The minimum absolute atomic E-state index is 0.0405. The molecule has 0 aliphatic heterocycles. The van der Waals surface area contributed by atoms with Gasteiger partial charge in [0.15, 0.2) is 0 Å². The number of hydrogen-bond acceptors (Lipinski definition) is 3. The topological polar surface area (TPSA) is 79.3 Å². The van der Waals surface area contributed by atoms with Crippen molar-refractivity contribution in [3.05, 3.63) is 114 Å². The van der Waals surface area contributed by atoms with E-state index in [0.717, 1.165) is 23.3 Å². The molecule has 182 valence electrons. The Balaban J connectivity index is 1.57. The van der Waals surface area contributed by atoms with Gasteiger partial charge < -0.3 is 10.4 Å². The predicted molar refractivity (Wildman–Crippen MR) is 129 cm³/mol. The number of nitrogens with zero attached hydrogens (tertiary/aromatic N) is 1. The van der Waals surface area contributed by atoms with Crippen LogP contribution in [0.5, 0.6) is 0 Å². The van der Waals surface area contributed by atoms with E-state index in [9.17, 15) is 27.9 Å². The highest BCUT2D eigenvalue weighted by molar-refractivity contribution is 5.94. The van der Waals surface area contributed by atoms with Gasteiger partial charge in [-0.05, 0) is 52.1 Å². The van der Waals surface area contributed by atoms with Crippen molar-refractivity contribution in [1.29, 1.82) is 0 Å². The molecule has 0 radical (unpaired) electrons. The number of aliphatic carboxylic acids is 1. The Hall–Kier alpha value is -4.46. The van der Waals surface area contributed by atoms with Gasteiger partial charge in [-0.25, -0.2) is 0 Å².